The lowest BCUT2D eigenvalue weighted by Gasteiger charge is -2.09. The minimum absolute atomic E-state index is 0.0294. The first kappa shape index (κ1) is 13.5. The molecule has 1 N–H and O–H groups in total. The number of H-pyrrole nitrogens is 1. The van der Waals surface area contributed by atoms with Gasteiger partial charge < -0.3 is 0 Å². The van der Waals surface area contributed by atoms with Gasteiger partial charge in [-0.25, -0.2) is 14.3 Å². The lowest BCUT2D eigenvalue weighted by molar-refractivity contribution is 0.111. The van der Waals surface area contributed by atoms with E-state index in [4.69, 9.17) is 0 Å². The van der Waals surface area contributed by atoms with E-state index in [1.54, 1.807) is 6.07 Å². The molecular formula is C12H12FN3O2S. The van der Waals surface area contributed by atoms with Gasteiger partial charge in [-0.2, -0.15) is 0 Å². The van der Waals surface area contributed by atoms with Gasteiger partial charge in [-0.05, 0) is 37.7 Å². The molecule has 0 radical (unpaired) electrons. The van der Waals surface area contributed by atoms with Crippen molar-refractivity contribution in [2.24, 2.45) is 0 Å². The number of benzene rings is 1. The molecule has 2 aromatic rings. The molecule has 100 valence electrons. The predicted octanol–water partition coefficient (Wildman–Crippen LogP) is 2.26. The number of aromatic amines is 1. The number of carbonyl (C=O) groups is 1. The molecule has 0 bridgehead atoms. The van der Waals surface area contributed by atoms with Gasteiger partial charge in [-0.1, -0.05) is 6.07 Å². The van der Waals surface area contributed by atoms with Crippen LogP contribution in [-0.4, -0.2) is 21.1 Å². The molecule has 5 nitrogen and oxygen atoms in total. The van der Waals surface area contributed by atoms with Gasteiger partial charge in [0.1, 0.15) is 5.82 Å². The summed E-state index contributed by atoms with van der Waals surface area (Å²) in [6.45, 7) is 3.68. The normalized spacial score (nSPS) is 10.9. The topological polar surface area (TPSA) is 67.8 Å². The molecular weight excluding hydrogens is 269 g/mol. The Morgan fingerprint density at radius 3 is 2.84 bits per heavy atom. The van der Waals surface area contributed by atoms with Crippen LogP contribution in [0.25, 0.3) is 0 Å². The average Bonchev–Trinajstić information content (AvgIpc) is 2.71. The van der Waals surface area contributed by atoms with E-state index in [9.17, 15) is 14.0 Å². The van der Waals surface area contributed by atoms with Crippen LogP contribution in [0.3, 0.4) is 0 Å². The molecule has 0 atom stereocenters. The molecule has 19 heavy (non-hydrogen) atoms. The summed E-state index contributed by atoms with van der Waals surface area (Å²) in [5, 5.41) is 6.63. The third-order valence-electron chi connectivity index (χ3n) is 2.52. The smallest absolute Gasteiger partial charge is 0.298 e. The van der Waals surface area contributed by atoms with E-state index < -0.39 is 5.82 Å². The number of nitrogens with zero attached hydrogens (tertiary/aromatic N) is 2. The minimum Gasteiger partial charge on any atom is -0.298 e. The molecule has 0 amide bonds. The van der Waals surface area contributed by atoms with Gasteiger partial charge in [0.25, 0.3) is 0 Å². The van der Waals surface area contributed by atoms with Crippen LogP contribution >= 0.6 is 11.8 Å². The van der Waals surface area contributed by atoms with E-state index in [1.165, 1.54) is 16.7 Å². The minimum atomic E-state index is -0.589. The van der Waals surface area contributed by atoms with Crippen LogP contribution in [0.15, 0.2) is 33.0 Å². The number of aromatic nitrogens is 3. The molecule has 0 saturated carbocycles. The zero-order valence-electron chi connectivity index (χ0n) is 10.4. The number of halogens is 1. The van der Waals surface area contributed by atoms with Gasteiger partial charge in [0.05, 0.1) is 5.56 Å². The van der Waals surface area contributed by atoms with Crippen molar-refractivity contribution in [3.8, 4) is 0 Å². The van der Waals surface area contributed by atoms with Gasteiger partial charge in [-0.3, -0.25) is 9.36 Å². The fourth-order valence-corrected chi connectivity index (χ4v) is 2.72. The monoisotopic (exact) mass is 281 g/mol. The SMILES string of the molecule is CC(C)n1c(Sc2cccc(F)c2C=O)n[nH]c1=O. The Hall–Kier alpha value is -1.89. The Kier molecular flexibility index (Phi) is 3.84. The van der Waals surface area contributed by atoms with E-state index in [1.807, 2.05) is 13.8 Å². The Bertz CT molecular complexity index is 663. The molecule has 0 aliphatic heterocycles. The van der Waals surface area contributed by atoms with Crippen molar-refractivity contribution in [3.05, 3.63) is 40.1 Å². The van der Waals surface area contributed by atoms with Crippen LogP contribution in [0.5, 0.6) is 0 Å². The Balaban J connectivity index is 2.45. The Morgan fingerprint density at radius 2 is 2.21 bits per heavy atom. The van der Waals surface area contributed by atoms with Gasteiger partial charge in [0, 0.05) is 10.9 Å². The van der Waals surface area contributed by atoms with Crippen LogP contribution in [0.2, 0.25) is 0 Å². The lowest BCUT2D eigenvalue weighted by Crippen LogP contribution is -2.19. The number of aldehydes is 1. The lowest BCUT2D eigenvalue weighted by atomic mass is 10.2. The first-order valence-corrected chi connectivity index (χ1v) is 6.44. The second-order valence-corrected chi connectivity index (χ2v) is 5.16. The average molecular weight is 281 g/mol. The molecule has 0 saturated heterocycles. The Morgan fingerprint density at radius 1 is 1.47 bits per heavy atom. The van der Waals surface area contributed by atoms with Crippen molar-refractivity contribution in [1.82, 2.24) is 14.8 Å². The molecule has 1 heterocycles. The molecule has 2 rings (SSSR count). The fourth-order valence-electron chi connectivity index (χ4n) is 1.64. The summed E-state index contributed by atoms with van der Waals surface area (Å²) in [6, 6.07) is 4.26. The van der Waals surface area contributed by atoms with Crippen molar-refractivity contribution in [3.63, 3.8) is 0 Å². The first-order chi connectivity index (χ1) is 9.04. The standard InChI is InChI=1S/C12H12FN3O2S/c1-7(2)16-11(18)14-15-12(16)19-10-5-3-4-9(13)8(10)6-17/h3-7H,1-2H3,(H,14,18). The van der Waals surface area contributed by atoms with Crippen LogP contribution < -0.4 is 5.69 Å². The predicted molar refractivity (Wildman–Crippen MR) is 69.1 cm³/mol. The zero-order valence-corrected chi connectivity index (χ0v) is 11.2. The number of rotatable bonds is 4. The summed E-state index contributed by atoms with van der Waals surface area (Å²) in [6.07, 6.45) is 0.460. The highest BCUT2D eigenvalue weighted by Gasteiger charge is 2.15. The number of carbonyl (C=O) groups excluding carboxylic acids is 1. The van der Waals surface area contributed by atoms with Gasteiger partial charge >= 0.3 is 5.69 Å². The van der Waals surface area contributed by atoms with Crippen molar-refractivity contribution in [2.45, 2.75) is 29.9 Å². The molecule has 7 heteroatoms. The van der Waals surface area contributed by atoms with Crippen molar-refractivity contribution < 1.29 is 9.18 Å². The molecule has 0 spiro atoms. The third kappa shape index (κ3) is 2.60. The van der Waals surface area contributed by atoms with Crippen LogP contribution in [0.1, 0.15) is 30.2 Å². The maximum Gasteiger partial charge on any atom is 0.344 e. The van der Waals surface area contributed by atoms with Gasteiger partial charge in [0.2, 0.25) is 0 Å². The largest absolute Gasteiger partial charge is 0.344 e. The van der Waals surface area contributed by atoms with Crippen molar-refractivity contribution in [2.75, 3.05) is 0 Å². The van der Waals surface area contributed by atoms with Crippen LogP contribution in [0, 0.1) is 5.82 Å². The Labute approximate surface area is 112 Å². The highest BCUT2D eigenvalue weighted by atomic mass is 32.2. The highest BCUT2D eigenvalue weighted by Crippen LogP contribution is 2.29. The summed E-state index contributed by atoms with van der Waals surface area (Å²) in [5.41, 5.74) is -0.361. The third-order valence-corrected chi connectivity index (χ3v) is 3.57. The van der Waals surface area contributed by atoms with E-state index in [2.05, 4.69) is 10.2 Å². The van der Waals surface area contributed by atoms with E-state index in [0.29, 0.717) is 16.3 Å². The van der Waals surface area contributed by atoms with Gasteiger partial charge in [0.15, 0.2) is 11.4 Å². The summed E-state index contributed by atoms with van der Waals surface area (Å²) < 4.78 is 14.9. The molecule has 1 aromatic heterocycles. The second-order valence-electron chi connectivity index (χ2n) is 4.15. The highest BCUT2D eigenvalue weighted by molar-refractivity contribution is 7.99. The molecule has 0 fully saturated rings. The van der Waals surface area contributed by atoms with Gasteiger partial charge in [-0.15, -0.1) is 5.10 Å². The van der Waals surface area contributed by atoms with Crippen LogP contribution in [-0.2, 0) is 0 Å². The first-order valence-electron chi connectivity index (χ1n) is 5.63. The van der Waals surface area contributed by atoms with Crippen molar-refractivity contribution >= 4 is 18.0 Å². The number of hydrogen-bond acceptors (Lipinski definition) is 4. The summed E-state index contributed by atoms with van der Waals surface area (Å²) in [4.78, 5) is 22.9. The molecule has 0 unspecified atom stereocenters. The van der Waals surface area contributed by atoms with Crippen LogP contribution in [0.4, 0.5) is 4.39 Å². The second kappa shape index (κ2) is 5.40. The number of hydrogen-bond donors (Lipinski definition) is 1. The maximum absolute atomic E-state index is 13.5. The molecule has 0 aliphatic carbocycles. The number of nitrogens with one attached hydrogen (secondary N) is 1. The van der Waals surface area contributed by atoms with E-state index >= 15 is 0 Å². The fraction of sp³-hybridized carbons (Fsp3) is 0.250. The van der Waals surface area contributed by atoms with Crippen molar-refractivity contribution in [1.29, 1.82) is 0 Å². The summed E-state index contributed by atoms with van der Waals surface area (Å²) >= 11 is 1.08. The molecule has 1 aromatic carbocycles. The van der Waals surface area contributed by atoms with E-state index in [0.717, 1.165) is 11.8 Å². The molecule has 0 aliphatic rings. The summed E-state index contributed by atoms with van der Waals surface area (Å²) in [5.74, 6) is -0.589. The quantitative estimate of drug-likeness (QED) is 0.873. The summed E-state index contributed by atoms with van der Waals surface area (Å²) in [7, 11) is 0. The zero-order chi connectivity index (χ0) is 14.0. The van der Waals surface area contributed by atoms with E-state index in [-0.39, 0.29) is 17.3 Å². The maximum atomic E-state index is 13.5.